The topological polar surface area (TPSA) is 103 Å². The van der Waals surface area contributed by atoms with Crippen LogP contribution in [0.2, 0.25) is 0 Å². The molecule has 0 fully saturated rings. The Morgan fingerprint density at radius 3 is 1.50 bits per heavy atom. The molecule has 2 rings (SSSR count). The summed E-state index contributed by atoms with van der Waals surface area (Å²) in [5.41, 5.74) is 0.716. The smallest absolute Gasteiger partial charge is 0.258 e. The summed E-state index contributed by atoms with van der Waals surface area (Å²) in [6.45, 7) is 8.75. The van der Waals surface area contributed by atoms with Gasteiger partial charge in [-0.05, 0) is 31.9 Å². The number of hydrogen-bond donors (Lipinski definition) is 2. The monoisotopic (exact) mass is 448 g/mol. The van der Waals surface area contributed by atoms with Crippen LogP contribution in [0.5, 0.6) is 11.5 Å². The van der Waals surface area contributed by atoms with Crippen LogP contribution in [0.3, 0.4) is 0 Å². The highest BCUT2D eigenvalue weighted by Gasteiger charge is 2.34. The lowest BCUT2D eigenvalue weighted by molar-refractivity contribution is 0.185. The fourth-order valence-electron chi connectivity index (χ4n) is 4.42. The molecular formula is C24H36N2O6. The lowest BCUT2D eigenvalue weighted by atomic mass is 9.78. The van der Waals surface area contributed by atoms with E-state index in [0.29, 0.717) is 50.5 Å². The van der Waals surface area contributed by atoms with Gasteiger partial charge in [0.2, 0.25) is 0 Å². The van der Waals surface area contributed by atoms with Gasteiger partial charge < -0.3 is 28.8 Å². The molecule has 0 atom stereocenters. The molecule has 0 bridgehead atoms. The van der Waals surface area contributed by atoms with Crippen LogP contribution in [-0.2, 0) is 22.6 Å². The lowest BCUT2D eigenvalue weighted by Crippen LogP contribution is -2.35. The fraction of sp³-hybridized carbons (Fsp3) is 0.583. The summed E-state index contributed by atoms with van der Waals surface area (Å²) in [6.07, 6.45) is 1.33. The average molecular weight is 449 g/mol. The van der Waals surface area contributed by atoms with Crippen molar-refractivity contribution in [3.63, 3.8) is 0 Å². The van der Waals surface area contributed by atoms with Crippen molar-refractivity contribution in [1.29, 1.82) is 0 Å². The molecule has 0 aromatic carbocycles. The molecule has 0 unspecified atom stereocenters. The average Bonchev–Trinajstić information content (AvgIpc) is 2.73. The van der Waals surface area contributed by atoms with Gasteiger partial charge in [-0.15, -0.1) is 0 Å². The van der Waals surface area contributed by atoms with Gasteiger partial charge in [-0.3, -0.25) is 9.59 Å². The number of nitrogens with zero attached hydrogens (tertiary/aromatic N) is 2. The van der Waals surface area contributed by atoms with Gasteiger partial charge in [-0.25, -0.2) is 0 Å². The minimum absolute atomic E-state index is 0.134. The highest BCUT2D eigenvalue weighted by molar-refractivity contribution is 5.46. The van der Waals surface area contributed by atoms with Gasteiger partial charge in [-0.1, -0.05) is 26.7 Å². The Morgan fingerprint density at radius 1 is 0.812 bits per heavy atom. The molecule has 0 aliphatic heterocycles. The van der Waals surface area contributed by atoms with Gasteiger partial charge in [0.15, 0.2) is 0 Å². The van der Waals surface area contributed by atoms with Crippen LogP contribution in [0.25, 0.3) is 0 Å². The molecule has 0 amide bonds. The summed E-state index contributed by atoms with van der Waals surface area (Å²) >= 11 is 0. The molecule has 2 heterocycles. The molecule has 32 heavy (non-hydrogen) atoms. The minimum Gasteiger partial charge on any atom is -0.507 e. The van der Waals surface area contributed by atoms with Crippen LogP contribution in [0.4, 0.5) is 0 Å². The Labute approximate surface area is 189 Å². The molecule has 2 N–H and O–H groups in total. The maximum Gasteiger partial charge on any atom is 0.258 e. The van der Waals surface area contributed by atoms with Gasteiger partial charge in [0.05, 0.1) is 24.3 Å². The summed E-state index contributed by atoms with van der Waals surface area (Å²) in [5, 5.41) is 21.8. The first-order valence-corrected chi connectivity index (χ1v) is 11.1. The summed E-state index contributed by atoms with van der Waals surface area (Å²) in [7, 11) is 3.11. The first kappa shape index (κ1) is 25.7. The van der Waals surface area contributed by atoms with E-state index in [1.54, 1.807) is 37.2 Å². The van der Waals surface area contributed by atoms with E-state index < -0.39 is 5.92 Å². The molecule has 8 nitrogen and oxygen atoms in total. The molecule has 0 saturated carbocycles. The summed E-state index contributed by atoms with van der Waals surface area (Å²) in [5.74, 6) is -1.22. The molecule has 178 valence electrons. The van der Waals surface area contributed by atoms with Crippen molar-refractivity contribution in [2.75, 3.05) is 27.4 Å². The Bertz CT molecular complexity index is 959. The largest absolute Gasteiger partial charge is 0.507 e. The molecule has 0 spiro atoms. The molecule has 8 heteroatoms. The van der Waals surface area contributed by atoms with Gasteiger partial charge in [-0.2, -0.15) is 0 Å². The third kappa shape index (κ3) is 5.07. The van der Waals surface area contributed by atoms with E-state index in [1.165, 1.54) is 12.1 Å². The SMILES string of the molecule is CCC(CC)C(c1c(O)cc(C)n(CCOC)c1=O)c1c(O)cc(C)n(CCOC)c1=O. The number of aryl methyl sites for hydroxylation is 2. The van der Waals surface area contributed by atoms with Crippen molar-refractivity contribution < 1.29 is 19.7 Å². The zero-order valence-corrected chi connectivity index (χ0v) is 20.0. The van der Waals surface area contributed by atoms with Crippen molar-refractivity contribution in [3.05, 3.63) is 55.4 Å². The predicted octanol–water partition coefficient (Wildman–Crippen LogP) is 2.90. The number of aromatic nitrogens is 2. The summed E-state index contributed by atoms with van der Waals surface area (Å²) in [4.78, 5) is 27.1. The van der Waals surface area contributed by atoms with Crippen molar-refractivity contribution in [2.45, 2.75) is 59.5 Å². The Balaban J connectivity index is 2.88. The second-order valence-electron chi connectivity index (χ2n) is 8.12. The quantitative estimate of drug-likeness (QED) is 0.548. The van der Waals surface area contributed by atoms with E-state index in [9.17, 15) is 19.8 Å². The zero-order valence-electron chi connectivity index (χ0n) is 20.0. The molecule has 0 radical (unpaired) electrons. The molecule has 2 aromatic rings. The maximum atomic E-state index is 13.6. The number of rotatable bonds is 11. The number of pyridine rings is 2. The summed E-state index contributed by atoms with van der Waals surface area (Å²) < 4.78 is 13.4. The normalized spacial score (nSPS) is 11.6. The standard InChI is InChI=1S/C24H36N2O6/c1-7-17(8-2)20(21-18(27)13-15(3)25(23(21)29)9-11-31-5)22-19(28)14-16(4)26(24(22)30)10-12-32-6/h13-14,17,20,27-28H,7-12H2,1-6H3. The summed E-state index contributed by atoms with van der Waals surface area (Å²) in [6, 6.07) is 3.08. The van der Waals surface area contributed by atoms with Crippen LogP contribution in [-0.4, -0.2) is 46.8 Å². The van der Waals surface area contributed by atoms with Crippen LogP contribution < -0.4 is 11.1 Å². The van der Waals surface area contributed by atoms with Crippen LogP contribution >= 0.6 is 0 Å². The van der Waals surface area contributed by atoms with Crippen molar-refractivity contribution in [2.24, 2.45) is 5.92 Å². The van der Waals surface area contributed by atoms with E-state index in [2.05, 4.69) is 0 Å². The number of methoxy groups -OCH3 is 2. The molecule has 0 saturated heterocycles. The molecule has 0 aliphatic rings. The first-order valence-electron chi connectivity index (χ1n) is 11.1. The third-order valence-electron chi connectivity index (χ3n) is 6.23. The zero-order chi connectivity index (χ0) is 24.0. The first-order chi connectivity index (χ1) is 15.2. The van der Waals surface area contributed by atoms with Crippen molar-refractivity contribution in [1.82, 2.24) is 9.13 Å². The highest BCUT2D eigenvalue weighted by atomic mass is 16.5. The van der Waals surface area contributed by atoms with E-state index in [0.717, 1.165) is 0 Å². The maximum absolute atomic E-state index is 13.6. The van der Waals surface area contributed by atoms with E-state index in [1.807, 2.05) is 13.8 Å². The predicted molar refractivity (Wildman–Crippen MR) is 124 cm³/mol. The van der Waals surface area contributed by atoms with Gasteiger partial charge >= 0.3 is 0 Å². The Hall–Kier alpha value is -2.58. The second kappa shape index (κ2) is 11.3. The van der Waals surface area contributed by atoms with Gasteiger partial charge in [0, 0.05) is 44.6 Å². The molecule has 0 aliphatic carbocycles. The van der Waals surface area contributed by atoms with Crippen molar-refractivity contribution in [3.8, 4) is 11.5 Å². The number of hydrogen-bond acceptors (Lipinski definition) is 6. The van der Waals surface area contributed by atoms with Crippen LogP contribution in [0, 0.1) is 19.8 Å². The number of ether oxygens (including phenoxy) is 2. The van der Waals surface area contributed by atoms with Crippen LogP contribution in [0.15, 0.2) is 21.7 Å². The molecular weight excluding hydrogens is 412 g/mol. The van der Waals surface area contributed by atoms with Gasteiger partial charge in [0.1, 0.15) is 11.5 Å². The van der Waals surface area contributed by atoms with E-state index in [4.69, 9.17) is 9.47 Å². The second-order valence-corrected chi connectivity index (χ2v) is 8.12. The van der Waals surface area contributed by atoms with E-state index >= 15 is 0 Å². The minimum atomic E-state index is -0.756. The highest BCUT2D eigenvalue weighted by Crippen LogP contribution is 2.40. The molecule has 2 aromatic heterocycles. The van der Waals surface area contributed by atoms with E-state index in [-0.39, 0.29) is 39.7 Å². The third-order valence-corrected chi connectivity index (χ3v) is 6.23. The lowest BCUT2D eigenvalue weighted by Gasteiger charge is -2.28. The number of aromatic hydroxyl groups is 2. The van der Waals surface area contributed by atoms with Crippen molar-refractivity contribution >= 4 is 0 Å². The Morgan fingerprint density at radius 2 is 1.19 bits per heavy atom. The van der Waals surface area contributed by atoms with Gasteiger partial charge in [0.25, 0.3) is 11.1 Å². The van der Waals surface area contributed by atoms with Crippen LogP contribution in [0.1, 0.15) is 55.1 Å². The fourth-order valence-corrected chi connectivity index (χ4v) is 4.42. The Kier molecular flexibility index (Phi) is 9.09.